The van der Waals surface area contributed by atoms with Crippen molar-refractivity contribution in [1.29, 1.82) is 0 Å². The highest BCUT2D eigenvalue weighted by Gasteiger charge is 2.28. The Morgan fingerprint density at radius 2 is 1.87 bits per heavy atom. The fourth-order valence-electron chi connectivity index (χ4n) is 2.13. The first kappa shape index (κ1) is 10.7. The van der Waals surface area contributed by atoms with Crippen LogP contribution in [0.3, 0.4) is 0 Å². The molecule has 1 heterocycles. The largest absolute Gasteiger partial charge is 0.289 e. The van der Waals surface area contributed by atoms with E-state index < -0.39 is 0 Å². The molecule has 1 aliphatic rings. The van der Waals surface area contributed by atoms with Gasteiger partial charge in [-0.05, 0) is 30.5 Å². The molecule has 1 aromatic rings. The number of benzene rings is 1. The molecule has 0 N–H and O–H groups in total. The standard InChI is InChI=1S/C13H16ClN/c1-13(2)8-3-9-15-12(13)10-4-6-11(14)7-5-10/h4-7H,3,8-9H2,1-2H3. The van der Waals surface area contributed by atoms with E-state index in [9.17, 15) is 0 Å². The van der Waals surface area contributed by atoms with Crippen LogP contribution in [0.5, 0.6) is 0 Å². The van der Waals surface area contributed by atoms with Crippen molar-refractivity contribution in [3.05, 3.63) is 34.9 Å². The average Bonchev–Trinajstić information content (AvgIpc) is 2.19. The third kappa shape index (κ3) is 2.23. The van der Waals surface area contributed by atoms with Gasteiger partial charge in [-0.15, -0.1) is 0 Å². The zero-order valence-corrected chi connectivity index (χ0v) is 10.0. The van der Waals surface area contributed by atoms with Crippen molar-refractivity contribution >= 4 is 17.3 Å². The van der Waals surface area contributed by atoms with Crippen molar-refractivity contribution in [3.63, 3.8) is 0 Å². The number of halogens is 1. The lowest BCUT2D eigenvalue weighted by atomic mass is 9.78. The summed E-state index contributed by atoms with van der Waals surface area (Å²) in [5.41, 5.74) is 2.64. The normalized spacial score (nSPS) is 19.8. The molecule has 0 aromatic heterocycles. The summed E-state index contributed by atoms with van der Waals surface area (Å²) in [6.07, 6.45) is 2.42. The molecule has 0 atom stereocenters. The zero-order valence-electron chi connectivity index (χ0n) is 9.26. The fraction of sp³-hybridized carbons (Fsp3) is 0.462. The van der Waals surface area contributed by atoms with E-state index in [0.717, 1.165) is 11.6 Å². The Labute approximate surface area is 96.2 Å². The van der Waals surface area contributed by atoms with E-state index in [1.54, 1.807) is 0 Å². The maximum absolute atomic E-state index is 5.88. The van der Waals surface area contributed by atoms with E-state index in [-0.39, 0.29) is 5.41 Å². The van der Waals surface area contributed by atoms with Crippen LogP contribution in [0.1, 0.15) is 32.3 Å². The number of aliphatic imine (C=N–C) groups is 1. The minimum Gasteiger partial charge on any atom is -0.289 e. The fourth-order valence-corrected chi connectivity index (χ4v) is 2.26. The van der Waals surface area contributed by atoms with Crippen molar-refractivity contribution in [3.8, 4) is 0 Å². The van der Waals surface area contributed by atoms with Crippen LogP contribution in [0.4, 0.5) is 0 Å². The summed E-state index contributed by atoms with van der Waals surface area (Å²) >= 11 is 5.88. The van der Waals surface area contributed by atoms with Crippen LogP contribution >= 0.6 is 11.6 Å². The predicted octanol–water partition coefficient (Wildman–Crippen LogP) is 3.95. The van der Waals surface area contributed by atoms with E-state index in [2.05, 4.69) is 31.0 Å². The molecule has 0 fully saturated rings. The average molecular weight is 222 g/mol. The maximum atomic E-state index is 5.88. The van der Waals surface area contributed by atoms with E-state index in [1.165, 1.54) is 24.1 Å². The molecule has 2 heteroatoms. The zero-order chi connectivity index (χ0) is 10.9. The number of hydrogen-bond donors (Lipinski definition) is 0. The highest BCUT2D eigenvalue weighted by molar-refractivity contribution is 6.30. The summed E-state index contributed by atoms with van der Waals surface area (Å²) in [4.78, 5) is 4.66. The number of nitrogens with zero attached hydrogens (tertiary/aromatic N) is 1. The third-order valence-corrected chi connectivity index (χ3v) is 3.24. The summed E-state index contributed by atoms with van der Waals surface area (Å²) in [6.45, 7) is 5.49. The molecule has 1 aliphatic heterocycles. The Balaban J connectivity index is 2.37. The Hall–Kier alpha value is -0.820. The summed E-state index contributed by atoms with van der Waals surface area (Å²) in [6, 6.07) is 8.00. The highest BCUT2D eigenvalue weighted by atomic mass is 35.5. The topological polar surface area (TPSA) is 12.4 Å². The van der Waals surface area contributed by atoms with Crippen molar-refractivity contribution in [2.75, 3.05) is 6.54 Å². The van der Waals surface area contributed by atoms with Gasteiger partial charge in [0.05, 0.1) is 0 Å². The molecule has 0 unspecified atom stereocenters. The van der Waals surface area contributed by atoms with Gasteiger partial charge in [0.15, 0.2) is 0 Å². The molecule has 0 radical (unpaired) electrons. The molecule has 1 nitrogen and oxygen atoms in total. The third-order valence-electron chi connectivity index (χ3n) is 2.99. The lowest BCUT2D eigenvalue weighted by Gasteiger charge is -2.30. The molecule has 1 aromatic carbocycles. The lowest BCUT2D eigenvalue weighted by Crippen LogP contribution is -2.29. The second-order valence-electron chi connectivity index (χ2n) is 4.72. The summed E-state index contributed by atoms with van der Waals surface area (Å²) in [7, 11) is 0. The molecule has 0 aliphatic carbocycles. The second kappa shape index (κ2) is 3.97. The quantitative estimate of drug-likeness (QED) is 0.681. The molecule has 80 valence electrons. The van der Waals surface area contributed by atoms with Crippen molar-refractivity contribution < 1.29 is 0 Å². The van der Waals surface area contributed by atoms with Gasteiger partial charge in [0, 0.05) is 22.7 Å². The van der Waals surface area contributed by atoms with E-state index in [4.69, 9.17) is 11.6 Å². The lowest BCUT2D eigenvalue weighted by molar-refractivity contribution is 0.440. The van der Waals surface area contributed by atoms with Gasteiger partial charge in [-0.3, -0.25) is 4.99 Å². The van der Waals surface area contributed by atoms with Crippen LogP contribution in [0.15, 0.2) is 29.3 Å². The van der Waals surface area contributed by atoms with E-state index in [1.807, 2.05) is 12.1 Å². The van der Waals surface area contributed by atoms with Gasteiger partial charge in [-0.1, -0.05) is 37.6 Å². The Bertz CT molecular complexity index is 376. The summed E-state index contributed by atoms with van der Waals surface area (Å²) in [5.74, 6) is 0. The second-order valence-corrected chi connectivity index (χ2v) is 5.16. The summed E-state index contributed by atoms with van der Waals surface area (Å²) < 4.78 is 0. The van der Waals surface area contributed by atoms with Crippen LogP contribution in [0.2, 0.25) is 5.02 Å². The number of rotatable bonds is 1. The molecule has 0 saturated heterocycles. The van der Waals surface area contributed by atoms with Gasteiger partial charge >= 0.3 is 0 Å². The monoisotopic (exact) mass is 221 g/mol. The van der Waals surface area contributed by atoms with Crippen molar-refractivity contribution in [2.45, 2.75) is 26.7 Å². The predicted molar refractivity (Wildman–Crippen MR) is 65.9 cm³/mol. The molecular formula is C13H16ClN. The Morgan fingerprint density at radius 3 is 2.47 bits per heavy atom. The number of hydrogen-bond acceptors (Lipinski definition) is 1. The van der Waals surface area contributed by atoms with Gasteiger partial charge in [-0.25, -0.2) is 0 Å². The molecule has 2 rings (SSSR count). The first-order valence-corrected chi connectivity index (χ1v) is 5.78. The van der Waals surface area contributed by atoms with Gasteiger partial charge in [0.2, 0.25) is 0 Å². The van der Waals surface area contributed by atoms with Crippen molar-refractivity contribution in [2.24, 2.45) is 10.4 Å². The van der Waals surface area contributed by atoms with E-state index in [0.29, 0.717) is 0 Å². The van der Waals surface area contributed by atoms with Crippen LogP contribution in [0, 0.1) is 5.41 Å². The first-order valence-electron chi connectivity index (χ1n) is 5.40. The van der Waals surface area contributed by atoms with Crippen LogP contribution in [0.25, 0.3) is 0 Å². The smallest absolute Gasteiger partial charge is 0.0476 e. The van der Waals surface area contributed by atoms with Crippen LogP contribution in [-0.2, 0) is 0 Å². The minimum atomic E-state index is 0.200. The van der Waals surface area contributed by atoms with Gasteiger partial charge in [-0.2, -0.15) is 0 Å². The SMILES string of the molecule is CC1(C)CCCN=C1c1ccc(Cl)cc1. The molecule has 0 amide bonds. The molecule has 0 saturated carbocycles. The van der Waals surface area contributed by atoms with Crippen molar-refractivity contribution in [1.82, 2.24) is 0 Å². The van der Waals surface area contributed by atoms with E-state index >= 15 is 0 Å². The highest BCUT2D eigenvalue weighted by Crippen LogP contribution is 2.31. The van der Waals surface area contributed by atoms with Gasteiger partial charge in [0.25, 0.3) is 0 Å². The van der Waals surface area contributed by atoms with Gasteiger partial charge in [0.1, 0.15) is 0 Å². The minimum absolute atomic E-state index is 0.200. The first-order chi connectivity index (χ1) is 7.09. The Morgan fingerprint density at radius 1 is 1.20 bits per heavy atom. The molecular weight excluding hydrogens is 206 g/mol. The Kier molecular flexibility index (Phi) is 2.83. The van der Waals surface area contributed by atoms with Crippen LogP contribution in [-0.4, -0.2) is 12.3 Å². The molecule has 0 spiro atoms. The summed E-state index contributed by atoms with van der Waals surface area (Å²) in [5, 5.41) is 0.785. The molecule has 15 heavy (non-hydrogen) atoms. The molecule has 0 bridgehead atoms. The van der Waals surface area contributed by atoms with Crippen LogP contribution < -0.4 is 0 Å². The van der Waals surface area contributed by atoms with Gasteiger partial charge < -0.3 is 0 Å². The maximum Gasteiger partial charge on any atom is 0.0476 e.